The average molecular weight is 202 g/mol. The third kappa shape index (κ3) is 1.96. The van der Waals surface area contributed by atoms with E-state index in [1.807, 2.05) is 6.07 Å². The van der Waals surface area contributed by atoms with Crippen molar-refractivity contribution in [3.63, 3.8) is 0 Å². The topological polar surface area (TPSA) is 38.9 Å². The number of anilines is 1. The predicted octanol–water partition coefficient (Wildman–Crippen LogP) is 2.78. The number of pyridine rings is 1. The number of nitrogens with two attached hydrogens (primary N) is 1. The minimum Gasteiger partial charge on any atom is -0.397 e. The zero-order valence-electron chi connectivity index (χ0n) is 8.37. The maximum Gasteiger partial charge on any atom is 0.126 e. The Hall–Kier alpha value is -1.90. The summed E-state index contributed by atoms with van der Waals surface area (Å²) in [5, 5.41) is 0. The Kier molecular flexibility index (Phi) is 2.37. The first-order valence-electron chi connectivity index (χ1n) is 4.65. The summed E-state index contributed by atoms with van der Waals surface area (Å²) in [7, 11) is 0. The zero-order chi connectivity index (χ0) is 10.8. The van der Waals surface area contributed by atoms with Crippen molar-refractivity contribution in [1.29, 1.82) is 0 Å². The van der Waals surface area contributed by atoms with Gasteiger partial charge in [0.1, 0.15) is 5.82 Å². The quantitative estimate of drug-likeness (QED) is 0.772. The van der Waals surface area contributed by atoms with Crippen molar-refractivity contribution in [2.75, 3.05) is 5.73 Å². The van der Waals surface area contributed by atoms with Crippen LogP contribution in [0.3, 0.4) is 0 Å². The van der Waals surface area contributed by atoms with E-state index in [2.05, 4.69) is 4.98 Å². The summed E-state index contributed by atoms with van der Waals surface area (Å²) in [6, 6.07) is 8.59. The lowest BCUT2D eigenvalue weighted by Gasteiger charge is -2.02. The fourth-order valence-electron chi connectivity index (χ4n) is 1.33. The van der Waals surface area contributed by atoms with Gasteiger partial charge in [-0.3, -0.25) is 4.98 Å². The van der Waals surface area contributed by atoms with Crippen LogP contribution < -0.4 is 5.73 Å². The molecule has 2 nitrogen and oxygen atoms in total. The van der Waals surface area contributed by atoms with Gasteiger partial charge in [0.2, 0.25) is 0 Å². The van der Waals surface area contributed by atoms with Gasteiger partial charge in [-0.05, 0) is 30.7 Å². The van der Waals surface area contributed by atoms with Gasteiger partial charge in [-0.25, -0.2) is 4.39 Å². The van der Waals surface area contributed by atoms with E-state index < -0.39 is 0 Å². The van der Waals surface area contributed by atoms with Gasteiger partial charge >= 0.3 is 0 Å². The average Bonchev–Trinajstić information content (AvgIpc) is 2.23. The molecule has 1 heterocycles. The second-order valence-corrected chi connectivity index (χ2v) is 3.44. The van der Waals surface area contributed by atoms with Crippen molar-refractivity contribution >= 4 is 5.69 Å². The minimum absolute atomic E-state index is 0.217. The normalized spacial score (nSPS) is 10.3. The number of aryl methyl sites for hydroxylation is 1. The molecule has 0 atom stereocenters. The Morgan fingerprint density at radius 1 is 1.20 bits per heavy atom. The van der Waals surface area contributed by atoms with Gasteiger partial charge < -0.3 is 5.73 Å². The Labute approximate surface area is 87.6 Å². The van der Waals surface area contributed by atoms with Crippen LogP contribution in [0.4, 0.5) is 10.1 Å². The van der Waals surface area contributed by atoms with Crippen molar-refractivity contribution in [2.45, 2.75) is 6.92 Å². The summed E-state index contributed by atoms with van der Waals surface area (Å²) in [5.74, 6) is -0.217. The van der Waals surface area contributed by atoms with Crippen LogP contribution in [0.25, 0.3) is 11.3 Å². The molecule has 0 bridgehead atoms. The Morgan fingerprint density at radius 2 is 2.00 bits per heavy atom. The fraction of sp³-hybridized carbons (Fsp3) is 0.0833. The van der Waals surface area contributed by atoms with Crippen molar-refractivity contribution in [1.82, 2.24) is 4.98 Å². The molecule has 3 heteroatoms. The van der Waals surface area contributed by atoms with Crippen LogP contribution in [0, 0.1) is 12.7 Å². The number of rotatable bonds is 1. The van der Waals surface area contributed by atoms with Crippen molar-refractivity contribution < 1.29 is 4.39 Å². The molecule has 0 aliphatic carbocycles. The smallest absolute Gasteiger partial charge is 0.126 e. The van der Waals surface area contributed by atoms with Gasteiger partial charge in [0.15, 0.2) is 0 Å². The van der Waals surface area contributed by atoms with E-state index in [1.165, 1.54) is 6.07 Å². The number of nitrogen functional groups attached to an aromatic ring is 1. The molecule has 1 aromatic heterocycles. The molecule has 2 N–H and O–H groups in total. The molecule has 0 aliphatic heterocycles. The lowest BCUT2D eigenvalue weighted by Crippen LogP contribution is -1.89. The lowest BCUT2D eigenvalue weighted by molar-refractivity contribution is 0.619. The summed E-state index contributed by atoms with van der Waals surface area (Å²) < 4.78 is 13.3. The highest BCUT2D eigenvalue weighted by Gasteiger charge is 2.02. The minimum atomic E-state index is -0.217. The molecular weight excluding hydrogens is 191 g/mol. The van der Waals surface area contributed by atoms with Gasteiger partial charge in [-0.1, -0.05) is 12.1 Å². The number of nitrogens with zero attached hydrogens (tertiary/aromatic N) is 1. The Bertz CT molecular complexity index is 477. The lowest BCUT2D eigenvalue weighted by atomic mass is 10.1. The zero-order valence-corrected chi connectivity index (χ0v) is 8.37. The highest BCUT2D eigenvalue weighted by Crippen LogP contribution is 2.20. The number of halogens is 1. The molecule has 0 saturated carbocycles. The SMILES string of the molecule is Cc1ccc(-c2ccc(N)cn2)cc1F. The predicted molar refractivity (Wildman–Crippen MR) is 58.8 cm³/mol. The molecule has 0 saturated heterocycles. The highest BCUT2D eigenvalue weighted by atomic mass is 19.1. The molecule has 0 aliphatic rings. The monoisotopic (exact) mass is 202 g/mol. The molecule has 2 rings (SSSR count). The first-order valence-corrected chi connectivity index (χ1v) is 4.65. The van der Waals surface area contributed by atoms with E-state index in [-0.39, 0.29) is 5.82 Å². The van der Waals surface area contributed by atoms with Crippen molar-refractivity contribution in [3.8, 4) is 11.3 Å². The van der Waals surface area contributed by atoms with Crippen LogP contribution in [0.15, 0.2) is 36.5 Å². The summed E-state index contributed by atoms with van der Waals surface area (Å²) in [6.45, 7) is 1.73. The molecule has 0 radical (unpaired) electrons. The van der Waals surface area contributed by atoms with Gasteiger partial charge in [0.05, 0.1) is 17.6 Å². The van der Waals surface area contributed by atoms with Crippen LogP contribution in [-0.2, 0) is 0 Å². The number of hydrogen-bond donors (Lipinski definition) is 1. The van der Waals surface area contributed by atoms with Gasteiger partial charge in [0, 0.05) is 5.56 Å². The summed E-state index contributed by atoms with van der Waals surface area (Å²) >= 11 is 0. The standard InChI is InChI=1S/C12H11FN2/c1-8-2-3-9(6-11(8)13)12-5-4-10(14)7-15-12/h2-7H,14H2,1H3. The maximum absolute atomic E-state index is 13.3. The molecule has 1 aromatic carbocycles. The molecule has 2 aromatic rings. The maximum atomic E-state index is 13.3. The number of benzene rings is 1. The fourth-order valence-corrected chi connectivity index (χ4v) is 1.33. The van der Waals surface area contributed by atoms with Crippen LogP contribution in [0.2, 0.25) is 0 Å². The highest BCUT2D eigenvalue weighted by molar-refractivity contribution is 5.61. The van der Waals surface area contributed by atoms with Gasteiger partial charge in [-0.2, -0.15) is 0 Å². The second kappa shape index (κ2) is 3.69. The molecule has 0 unspecified atom stereocenters. The molecule has 76 valence electrons. The van der Waals surface area contributed by atoms with E-state index in [0.717, 1.165) is 11.3 Å². The van der Waals surface area contributed by atoms with Gasteiger partial charge in [0.25, 0.3) is 0 Å². The first-order chi connectivity index (χ1) is 7.16. The molecule has 15 heavy (non-hydrogen) atoms. The summed E-state index contributed by atoms with van der Waals surface area (Å²) in [4.78, 5) is 4.13. The van der Waals surface area contributed by atoms with E-state index in [0.29, 0.717) is 11.3 Å². The van der Waals surface area contributed by atoms with E-state index in [1.54, 1.807) is 31.3 Å². The third-order valence-corrected chi connectivity index (χ3v) is 2.25. The second-order valence-electron chi connectivity index (χ2n) is 3.44. The molecule has 0 amide bonds. The number of aromatic nitrogens is 1. The van der Waals surface area contributed by atoms with Crippen molar-refractivity contribution in [2.24, 2.45) is 0 Å². The molecular formula is C12H11FN2. The third-order valence-electron chi connectivity index (χ3n) is 2.25. The van der Waals surface area contributed by atoms with Gasteiger partial charge in [-0.15, -0.1) is 0 Å². The number of hydrogen-bond acceptors (Lipinski definition) is 2. The summed E-state index contributed by atoms with van der Waals surface area (Å²) in [6.07, 6.45) is 1.56. The van der Waals surface area contributed by atoms with E-state index in [4.69, 9.17) is 5.73 Å². The van der Waals surface area contributed by atoms with Crippen LogP contribution >= 0.6 is 0 Å². The van der Waals surface area contributed by atoms with E-state index >= 15 is 0 Å². The van der Waals surface area contributed by atoms with Crippen LogP contribution in [-0.4, -0.2) is 4.98 Å². The molecule has 0 fully saturated rings. The van der Waals surface area contributed by atoms with Crippen molar-refractivity contribution in [3.05, 3.63) is 47.9 Å². The Morgan fingerprint density at radius 3 is 2.60 bits per heavy atom. The van der Waals surface area contributed by atoms with Crippen LogP contribution in [0.5, 0.6) is 0 Å². The van der Waals surface area contributed by atoms with Crippen LogP contribution in [0.1, 0.15) is 5.56 Å². The largest absolute Gasteiger partial charge is 0.397 e. The van der Waals surface area contributed by atoms with E-state index in [9.17, 15) is 4.39 Å². The Balaban J connectivity index is 2.45. The summed E-state index contributed by atoms with van der Waals surface area (Å²) in [5.41, 5.74) is 8.25. The first kappa shape index (κ1) is 9.65. The molecule has 0 spiro atoms.